The topological polar surface area (TPSA) is 68.8 Å². The molecule has 0 bridgehead atoms. The average molecular weight is 449 g/mol. The van der Waals surface area contributed by atoms with Gasteiger partial charge in [-0.15, -0.1) is 0 Å². The molecule has 0 aliphatic heterocycles. The van der Waals surface area contributed by atoms with E-state index < -0.39 is 0 Å². The van der Waals surface area contributed by atoms with Crippen molar-refractivity contribution in [2.45, 2.75) is 19.8 Å². The zero-order valence-corrected chi connectivity index (χ0v) is 19.1. The van der Waals surface area contributed by atoms with Gasteiger partial charge in [0.25, 0.3) is 0 Å². The molecule has 0 fully saturated rings. The summed E-state index contributed by atoms with van der Waals surface area (Å²) >= 11 is 0. The maximum absolute atomic E-state index is 12.5. The number of amides is 1. The van der Waals surface area contributed by atoms with Crippen molar-refractivity contribution < 1.29 is 19.0 Å². The first kappa shape index (κ1) is 24.1. The molecule has 3 aromatic rings. The summed E-state index contributed by atoms with van der Waals surface area (Å²) in [6.07, 6.45) is 1.92. The van der Waals surface area contributed by atoms with Gasteiger partial charge in [-0.3, -0.25) is 4.79 Å². The van der Waals surface area contributed by atoms with E-state index in [1.807, 2.05) is 61.5 Å². The second-order valence-corrected chi connectivity index (χ2v) is 7.41. The third kappa shape index (κ3) is 8.86. The number of ether oxygens (including phenoxy) is 3. The average Bonchev–Trinajstić information content (AvgIpc) is 2.85. The van der Waals surface area contributed by atoms with Crippen molar-refractivity contribution in [1.29, 1.82) is 0 Å². The van der Waals surface area contributed by atoms with Crippen LogP contribution < -0.4 is 20.1 Å². The molecule has 0 saturated carbocycles. The lowest BCUT2D eigenvalue weighted by atomic mass is 10.1. The van der Waals surface area contributed by atoms with Gasteiger partial charge < -0.3 is 24.8 Å². The number of nitrogens with one attached hydrogen (secondary N) is 2. The van der Waals surface area contributed by atoms with E-state index >= 15 is 0 Å². The molecule has 0 atom stereocenters. The summed E-state index contributed by atoms with van der Waals surface area (Å²) in [6, 6.07) is 25.4. The van der Waals surface area contributed by atoms with Gasteiger partial charge in [0, 0.05) is 18.4 Å². The third-order valence-corrected chi connectivity index (χ3v) is 4.86. The van der Waals surface area contributed by atoms with Crippen molar-refractivity contribution in [3.63, 3.8) is 0 Å². The van der Waals surface area contributed by atoms with Crippen molar-refractivity contribution in [3.8, 4) is 11.5 Å². The largest absolute Gasteiger partial charge is 0.494 e. The Labute approximate surface area is 195 Å². The molecule has 6 nitrogen and oxygen atoms in total. The van der Waals surface area contributed by atoms with Gasteiger partial charge in [-0.25, -0.2) is 0 Å². The quantitative estimate of drug-likeness (QED) is 0.333. The Hall–Kier alpha value is -3.51. The third-order valence-electron chi connectivity index (χ3n) is 4.86. The fourth-order valence-electron chi connectivity index (χ4n) is 3.23. The van der Waals surface area contributed by atoms with Crippen LogP contribution in [0.15, 0.2) is 78.9 Å². The van der Waals surface area contributed by atoms with Gasteiger partial charge in [0.05, 0.1) is 25.4 Å². The standard InChI is InChI=1S/C27H32N2O4/c1-2-31-18-19-33-26-16-7-6-15-25(26)29-27(30)21-28-23-13-8-14-24(20-23)32-17-9-12-22-10-4-3-5-11-22/h3-8,10-11,13-16,20,28H,2,9,12,17-19,21H2,1H3,(H,29,30). The van der Waals surface area contributed by atoms with Crippen LogP contribution in [0.5, 0.6) is 11.5 Å². The Morgan fingerprint density at radius 1 is 0.848 bits per heavy atom. The molecule has 33 heavy (non-hydrogen) atoms. The Bertz CT molecular complexity index is 979. The van der Waals surface area contributed by atoms with Crippen LogP contribution in [0.1, 0.15) is 18.9 Å². The summed E-state index contributed by atoms with van der Waals surface area (Å²) in [7, 11) is 0. The van der Waals surface area contributed by atoms with Crippen molar-refractivity contribution >= 4 is 17.3 Å². The first-order valence-corrected chi connectivity index (χ1v) is 11.3. The highest BCUT2D eigenvalue weighted by molar-refractivity contribution is 5.95. The van der Waals surface area contributed by atoms with Gasteiger partial charge in [0.1, 0.15) is 18.1 Å². The zero-order chi connectivity index (χ0) is 23.1. The van der Waals surface area contributed by atoms with Gasteiger partial charge >= 0.3 is 0 Å². The second kappa shape index (κ2) is 13.8. The van der Waals surface area contributed by atoms with E-state index in [-0.39, 0.29) is 12.5 Å². The van der Waals surface area contributed by atoms with Gasteiger partial charge in [0.15, 0.2) is 0 Å². The molecule has 0 aromatic heterocycles. The van der Waals surface area contributed by atoms with Crippen molar-refractivity contribution in [2.75, 3.05) is 43.6 Å². The molecule has 3 aromatic carbocycles. The van der Waals surface area contributed by atoms with E-state index in [2.05, 4.69) is 34.9 Å². The number of hydrogen-bond donors (Lipinski definition) is 2. The highest BCUT2D eigenvalue weighted by Crippen LogP contribution is 2.24. The van der Waals surface area contributed by atoms with E-state index in [4.69, 9.17) is 14.2 Å². The van der Waals surface area contributed by atoms with Crippen LogP contribution in [-0.2, 0) is 16.0 Å². The minimum atomic E-state index is -0.162. The molecule has 0 aliphatic rings. The predicted molar refractivity (Wildman–Crippen MR) is 132 cm³/mol. The first-order chi connectivity index (χ1) is 16.2. The molecule has 6 heteroatoms. The lowest BCUT2D eigenvalue weighted by molar-refractivity contribution is -0.114. The van der Waals surface area contributed by atoms with Gasteiger partial charge in [0.2, 0.25) is 5.91 Å². The molecule has 0 heterocycles. The van der Waals surface area contributed by atoms with Crippen LogP contribution in [-0.4, -0.2) is 38.9 Å². The molecule has 0 saturated heterocycles. The minimum absolute atomic E-state index is 0.130. The molecule has 3 rings (SSSR count). The molecule has 174 valence electrons. The molecular formula is C27H32N2O4. The van der Waals surface area contributed by atoms with Gasteiger partial charge in [-0.1, -0.05) is 48.5 Å². The molecule has 0 spiro atoms. The maximum atomic E-state index is 12.5. The number of carbonyl (C=O) groups is 1. The monoisotopic (exact) mass is 448 g/mol. The van der Waals surface area contributed by atoms with Crippen LogP contribution in [0.25, 0.3) is 0 Å². The smallest absolute Gasteiger partial charge is 0.243 e. The number of anilines is 2. The van der Waals surface area contributed by atoms with E-state index in [0.717, 1.165) is 24.3 Å². The van der Waals surface area contributed by atoms with Crippen LogP contribution in [0.4, 0.5) is 11.4 Å². The number of carbonyl (C=O) groups excluding carboxylic acids is 1. The highest BCUT2D eigenvalue weighted by atomic mass is 16.5. The van der Waals surface area contributed by atoms with Gasteiger partial charge in [-0.05, 0) is 49.6 Å². The molecule has 0 aliphatic carbocycles. The lowest BCUT2D eigenvalue weighted by Gasteiger charge is -2.13. The molecule has 0 unspecified atom stereocenters. The predicted octanol–water partition coefficient (Wildman–Crippen LogP) is 5.16. The van der Waals surface area contributed by atoms with Crippen LogP contribution >= 0.6 is 0 Å². The normalized spacial score (nSPS) is 10.5. The summed E-state index contributed by atoms with van der Waals surface area (Å²) in [5, 5.41) is 6.04. The van der Waals surface area contributed by atoms with E-state index in [9.17, 15) is 4.79 Å². The SMILES string of the molecule is CCOCCOc1ccccc1NC(=O)CNc1cccc(OCCCc2ccccc2)c1. The van der Waals surface area contributed by atoms with Crippen molar-refractivity contribution in [2.24, 2.45) is 0 Å². The number of benzene rings is 3. The fourth-order valence-corrected chi connectivity index (χ4v) is 3.23. The number of hydrogen-bond acceptors (Lipinski definition) is 5. The van der Waals surface area contributed by atoms with E-state index in [1.165, 1.54) is 5.56 Å². The van der Waals surface area contributed by atoms with Crippen LogP contribution in [0, 0.1) is 0 Å². The Balaban J connectivity index is 1.42. The summed E-state index contributed by atoms with van der Waals surface area (Å²) < 4.78 is 16.9. The highest BCUT2D eigenvalue weighted by Gasteiger charge is 2.08. The van der Waals surface area contributed by atoms with E-state index in [1.54, 1.807) is 0 Å². The summed E-state index contributed by atoms with van der Waals surface area (Å²) in [6.45, 7) is 4.29. The lowest BCUT2D eigenvalue weighted by Crippen LogP contribution is -2.22. The number of aryl methyl sites for hydroxylation is 1. The van der Waals surface area contributed by atoms with Crippen molar-refractivity contribution in [3.05, 3.63) is 84.4 Å². The molecule has 0 radical (unpaired) electrons. The Morgan fingerprint density at radius 2 is 1.67 bits per heavy atom. The molecule has 1 amide bonds. The van der Waals surface area contributed by atoms with Crippen molar-refractivity contribution in [1.82, 2.24) is 0 Å². The number of para-hydroxylation sites is 2. The first-order valence-electron chi connectivity index (χ1n) is 11.3. The Morgan fingerprint density at radius 3 is 2.52 bits per heavy atom. The fraction of sp³-hybridized carbons (Fsp3) is 0.296. The summed E-state index contributed by atoms with van der Waals surface area (Å²) in [4.78, 5) is 12.5. The van der Waals surface area contributed by atoms with E-state index in [0.29, 0.717) is 37.9 Å². The number of rotatable bonds is 14. The summed E-state index contributed by atoms with van der Waals surface area (Å²) in [5.74, 6) is 1.24. The summed E-state index contributed by atoms with van der Waals surface area (Å²) in [5.41, 5.74) is 2.77. The van der Waals surface area contributed by atoms with Crippen LogP contribution in [0.2, 0.25) is 0 Å². The van der Waals surface area contributed by atoms with Crippen LogP contribution in [0.3, 0.4) is 0 Å². The zero-order valence-electron chi connectivity index (χ0n) is 19.1. The molecular weight excluding hydrogens is 416 g/mol. The van der Waals surface area contributed by atoms with Gasteiger partial charge in [-0.2, -0.15) is 0 Å². The molecule has 2 N–H and O–H groups in total. The minimum Gasteiger partial charge on any atom is -0.494 e. The second-order valence-electron chi connectivity index (χ2n) is 7.41. The Kier molecular flexibility index (Phi) is 10.1. The maximum Gasteiger partial charge on any atom is 0.243 e.